The van der Waals surface area contributed by atoms with E-state index in [1.54, 1.807) is 6.07 Å². The molecule has 5 nitrogen and oxygen atoms in total. The maximum absolute atomic E-state index is 13.1. The molecule has 0 aliphatic heterocycles. The van der Waals surface area contributed by atoms with Gasteiger partial charge in [0.1, 0.15) is 6.61 Å². The quantitative estimate of drug-likeness (QED) is 0.566. The van der Waals surface area contributed by atoms with Crippen molar-refractivity contribution in [2.75, 3.05) is 13.7 Å². The van der Waals surface area contributed by atoms with Crippen molar-refractivity contribution in [1.29, 1.82) is 0 Å². The molecule has 7 heteroatoms. The molecule has 0 aromatic heterocycles. The molecule has 0 bridgehead atoms. The summed E-state index contributed by atoms with van der Waals surface area (Å²) in [5.74, 6) is -3.54. The Kier molecular flexibility index (Phi) is 5.84. The van der Waals surface area contributed by atoms with Gasteiger partial charge in [0.25, 0.3) is 0 Å². The summed E-state index contributed by atoms with van der Waals surface area (Å²) in [6, 6.07) is 7.45. The number of carbonyl (C=O) groups excluding carboxylic acids is 2. The predicted molar refractivity (Wildman–Crippen MR) is 83.2 cm³/mol. The number of hydrogen-bond donors (Lipinski definition) is 0. The molecule has 0 radical (unpaired) electrons. The Morgan fingerprint density at radius 2 is 1.84 bits per heavy atom. The summed E-state index contributed by atoms with van der Waals surface area (Å²) in [5.41, 5.74) is 0.574. The topological polar surface area (TPSA) is 75.7 Å². The Hall–Kier alpha value is -3.22. The lowest BCUT2D eigenvalue weighted by atomic mass is 10.1. The van der Waals surface area contributed by atoms with Gasteiger partial charge < -0.3 is 19.4 Å². The molecule has 2 rings (SSSR count). The summed E-state index contributed by atoms with van der Waals surface area (Å²) in [5, 5.41) is 10.4. The van der Waals surface area contributed by atoms with Crippen LogP contribution in [0.1, 0.15) is 15.9 Å². The second-order valence-corrected chi connectivity index (χ2v) is 4.90. The molecule has 0 atom stereocenters. The van der Waals surface area contributed by atoms with Crippen LogP contribution in [-0.4, -0.2) is 25.5 Å². The summed E-state index contributed by atoms with van der Waals surface area (Å²) in [7, 11) is 1.38. The number of hydrogen-bond acceptors (Lipinski definition) is 5. The molecule has 0 amide bonds. The van der Waals surface area contributed by atoms with Gasteiger partial charge in [0, 0.05) is 5.56 Å². The number of aliphatic carboxylic acids is 1. The molecular weight excluding hydrogens is 334 g/mol. The van der Waals surface area contributed by atoms with Crippen molar-refractivity contribution in [3.8, 4) is 11.5 Å². The summed E-state index contributed by atoms with van der Waals surface area (Å²) in [6.07, 6.45) is 2.65. The zero-order chi connectivity index (χ0) is 18.4. The summed E-state index contributed by atoms with van der Waals surface area (Å²) < 4.78 is 36.1. The van der Waals surface area contributed by atoms with E-state index in [4.69, 9.17) is 9.47 Å². The third-order valence-electron chi connectivity index (χ3n) is 3.16. The molecule has 0 fully saturated rings. The van der Waals surface area contributed by atoms with Crippen molar-refractivity contribution in [2.24, 2.45) is 0 Å². The number of benzene rings is 2. The number of methoxy groups -OCH3 is 1. The minimum Gasteiger partial charge on any atom is -0.546 e. The summed E-state index contributed by atoms with van der Waals surface area (Å²) in [6.45, 7) is -0.625. The second kappa shape index (κ2) is 8.05. The molecule has 2 aromatic carbocycles. The number of ketones is 1. The number of carboxylic acids is 1. The molecule has 0 heterocycles. The Labute approximate surface area is 142 Å². The standard InChI is InChI=1S/C18H14F2O5/c1-24-17-8-11(3-7-16(17)25-10-18(22)23)2-6-15(21)12-4-5-13(19)14(20)9-12/h2-9H,10H2,1H3,(H,22,23)/p-1/b6-2+. The number of rotatable bonds is 7. The highest BCUT2D eigenvalue weighted by Gasteiger charge is 2.08. The molecule has 0 unspecified atom stereocenters. The van der Waals surface area contributed by atoms with Crippen molar-refractivity contribution >= 4 is 17.8 Å². The van der Waals surface area contributed by atoms with Crippen molar-refractivity contribution in [3.05, 3.63) is 65.2 Å². The molecule has 0 saturated carbocycles. The normalized spacial score (nSPS) is 10.7. The van der Waals surface area contributed by atoms with Gasteiger partial charge in [-0.1, -0.05) is 12.1 Å². The van der Waals surface area contributed by atoms with E-state index in [9.17, 15) is 23.5 Å². The maximum atomic E-state index is 13.1. The fourth-order valence-electron chi connectivity index (χ4n) is 1.96. The summed E-state index contributed by atoms with van der Waals surface area (Å²) >= 11 is 0. The summed E-state index contributed by atoms with van der Waals surface area (Å²) in [4.78, 5) is 22.4. The van der Waals surface area contributed by atoms with Crippen LogP contribution >= 0.6 is 0 Å². The van der Waals surface area contributed by atoms with Crippen LogP contribution in [0.5, 0.6) is 11.5 Å². The molecule has 0 spiro atoms. The highest BCUT2D eigenvalue weighted by atomic mass is 19.2. The highest BCUT2D eigenvalue weighted by Crippen LogP contribution is 2.28. The van der Waals surface area contributed by atoms with E-state index in [0.717, 1.165) is 12.1 Å². The van der Waals surface area contributed by atoms with Gasteiger partial charge in [-0.15, -0.1) is 0 Å². The Morgan fingerprint density at radius 1 is 1.08 bits per heavy atom. The van der Waals surface area contributed by atoms with Crippen LogP contribution in [0, 0.1) is 11.6 Å². The minimum absolute atomic E-state index is 0.0102. The van der Waals surface area contributed by atoms with Crippen LogP contribution < -0.4 is 14.6 Å². The lowest BCUT2D eigenvalue weighted by molar-refractivity contribution is -0.307. The van der Waals surface area contributed by atoms with E-state index in [1.165, 1.54) is 37.5 Å². The molecule has 0 N–H and O–H groups in total. The second-order valence-electron chi connectivity index (χ2n) is 4.90. The lowest BCUT2D eigenvalue weighted by Crippen LogP contribution is -2.29. The Morgan fingerprint density at radius 3 is 2.48 bits per heavy atom. The van der Waals surface area contributed by atoms with Gasteiger partial charge >= 0.3 is 0 Å². The minimum atomic E-state index is -1.37. The van der Waals surface area contributed by atoms with Crippen LogP contribution in [0.4, 0.5) is 8.78 Å². The van der Waals surface area contributed by atoms with E-state index in [-0.39, 0.29) is 17.1 Å². The van der Waals surface area contributed by atoms with E-state index >= 15 is 0 Å². The third-order valence-corrected chi connectivity index (χ3v) is 3.16. The zero-order valence-corrected chi connectivity index (χ0v) is 13.1. The van der Waals surface area contributed by atoms with Crippen molar-refractivity contribution in [3.63, 3.8) is 0 Å². The van der Waals surface area contributed by atoms with E-state index in [0.29, 0.717) is 5.56 Å². The third kappa shape index (κ3) is 4.87. The van der Waals surface area contributed by atoms with Gasteiger partial charge in [-0.3, -0.25) is 4.79 Å². The van der Waals surface area contributed by atoms with Gasteiger partial charge in [-0.25, -0.2) is 8.78 Å². The number of carboxylic acid groups (broad SMARTS) is 1. The first-order chi connectivity index (χ1) is 11.9. The fourth-order valence-corrected chi connectivity index (χ4v) is 1.96. The van der Waals surface area contributed by atoms with Gasteiger partial charge in [0.05, 0.1) is 13.1 Å². The molecular formula is C18H13F2O5-. The lowest BCUT2D eigenvalue weighted by Gasteiger charge is -2.11. The first-order valence-electron chi connectivity index (χ1n) is 7.09. The van der Waals surface area contributed by atoms with E-state index in [1.807, 2.05) is 0 Å². The van der Waals surface area contributed by atoms with E-state index < -0.39 is 30.0 Å². The molecule has 0 saturated heterocycles. The van der Waals surface area contributed by atoms with Crippen molar-refractivity contribution < 1.29 is 33.0 Å². The number of ether oxygens (including phenoxy) is 2. The van der Waals surface area contributed by atoms with Crippen molar-refractivity contribution in [2.45, 2.75) is 0 Å². The largest absolute Gasteiger partial charge is 0.546 e. The Bertz CT molecular complexity index is 830. The SMILES string of the molecule is COc1cc(/C=C/C(=O)c2ccc(F)c(F)c2)ccc1OCC(=O)[O-]. The van der Waals surface area contributed by atoms with Gasteiger partial charge in [-0.05, 0) is 42.0 Å². The smallest absolute Gasteiger partial charge is 0.185 e. The number of halogens is 2. The van der Waals surface area contributed by atoms with Crippen LogP contribution in [0.2, 0.25) is 0 Å². The fraction of sp³-hybridized carbons (Fsp3) is 0.111. The maximum Gasteiger partial charge on any atom is 0.185 e. The molecule has 0 aliphatic rings. The van der Waals surface area contributed by atoms with Gasteiger partial charge in [0.15, 0.2) is 28.9 Å². The number of allylic oxidation sites excluding steroid dienone is 1. The van der Waals surface area contributed by atoms with Crippen LogP contribution in [0.3, 0.4) is 0 Å². The number of carbonyl (C=O) groups is 2. The first kappa shape index (κ1) is 18.1. The van der Waals surface area contributed by atoms with Gasteiger partial charge in [-0.2, -0.15) is 0 Å². The van der Waals surface area contributed by atoms with E-state index in [2.05, 4.69) is 0 Å². The highest BCUT2D eigenvalue weighted by molar-refractivity contribution is 6.06. The molecule has 2 aromatic rings. The van der Waals surface area contributed by atoms with Gasteiger partial charge in [0.2, 0.25) is 0 Å². The first-order valence-corrected chi connectivity index (χ1v) is 7.09. The average molecular weight is 347 g/mol. The Balaban J connectivity index is 2.15. The van der Waals surface area contributed by atoms with Crippen LogP contribution in [0.15, 0.2) is 42.5 Å². The zero-order valence-electron chi connectivity index (χ0n) is 13.1. The molecule has 0 aliphatic carbocycles. The monoisotopic (exact) mass is 347 g/mol. The average Bonchev–Trinajstić information content (AvgIpc) is 2.60. The predicted octanol–water partition coefficient (Wildman–Crippen LogP) is 2.00. The van der Waals surface area contributed by atoms with Crippen LogP contribution in [-0.2, 0) is 4.79 Å². The molecule has 130 valence electrons. The van der Waals surface area contributed by atoms with Crippen LogP contribution in [0.25, 0.3) is 6.08 Å². The molecule has 25 heavy (non-hydrogen) atoms. The van der Waals surface area contributed by atoms with Crippen molar-refractivity contribution in [1.82, 2.24) is 0 Å².